The van der Waals surface area contributed by atoms with E-state index in [1.54, 1.807) is 0 Å². The smallest absolute Gasteiger partial charge is 0.407 e. The van der Waals surface area contributed by atoms with Gasteiger partial charge < -0.3 is 20.7 Å². The monoisotopic (exact) mass is 217 g/mol. The number of hydrogen-bond donors (Lipinski definition) is 3. The molecule has 0 aromatic rings. The normalized spacial score (nSPS) is 10.0. The van der Waals surface area contributed by atoms with Crippen LogP contribution in [0.1, 0.15) is 20.3 Å². The first-order valence-corrected chi connectivity index (χ1v) is 5.63. The van der Waals surface area contributed by atoms with E-state index in [9.17, 15) is 4.79 Å². The fourth-order valence-electron chi connectivity index (χ4n) is 0.977. The number of hydrogen-bond acceptors (Lipinski definition) is 4. The van der Waals surface area contributed by atoms with Crippen molar-refractivity contribution in [2.45, 2.75) is 20.3 Å². The number of ether oxygens (including phenoxy) is 1. The molecule has 0 fully saturated rings. The van der Waals surface area contributed by atoms with Gasteiger partial charge in [0.1, 0.15) is 0 Å². The zero-order chi connectivity index (χ0) is 11.4. The highest BCUT2D eigenvalue weighted by molar-refractivity contribution is 5.66. The maximum Gasteiger partial charge on any atom is 0.407 e. The number of nitrogens with one attached hydrogen (secondary N) is 3. The van der Waals surface area contributed by atoms with Crippen LogP contribution >= 0.6 is 0 Å². The average molecular weight is 217 g/mol. The highest BCUT2D eigenvalue weighted by atomic mass is 16.5. The molecule has 0 heterocycles. The van der Waals surface area contributed by atoms with E-state index in [1.807, 2.05) is 6.92 Å². The summed E-state index contributed by atoms with van der Waals surface area (Å²) >= 11 is 0. The molecule has 0 unspecified atom stereocenters. The molecular formula is C10H23N3O2. The van der Waals surface area contributed by atoms with Crippen LogP contribution in [0.15, 0.2) is 0 Å². The van der Waals surface area contributed by atoms with E-state index in [0.717, 1.165) is 32.6 Å². The minimum absolute atomic E-state index is 0.328. The summed E-state index contributed by atoms with van der Waals surface area (Å²) in [5.74, 6) is 0. The number of amides is 1. The molecule has 0 aliphatic rings. The molecule has 0 saturated heterocycles. The van der Waals surface area contributed by atoms with Crippen molar-refractivity contribution in [2.75, 3.05) is 39.3 Å². The molecule has 15 heavy (non-hydrogen) atoms. The molecule has 3 N–H and O–H groups in total. The fraction of sp³-hybridized carbons (Fsp3) is 0.900. The molecule has 0 rings (SSSR count). The molecular weight excluding hydrogens is 194 g/mol. The Morgan fingerprint density at radius 1 is 1.07 bits per heavy atom. The lowest BCUT2D eigenvalue weighted by Gasteiger charge is -2.07. The van der Waals surface area contributed by atoms with Gasteiger partial charge in [0.15, 0.2) is 0 Å². The highest BCUT2D eigenvalue weighted by Gasteiger charge is 1.98. The van der Waals surface area contributed by atoms with Crippen molar-refractivity contribution in [3.63, 3.8) is 0 Å². The average Bonchev–Trinajstić information content (AvgIpc) is 2.25. The van der Waals surface area contributed by atoms with Gasteiger partial charge in [0.05, 0.1) is 6.61 Å². The van der Waals surface area contributed by atoms with Crippen molar-refractivity contribution in [3.05, 3.63) is 0 Å². The van der Waals surface area contributed by atoms with Crippen molar-refractivity contribution < 1.29 is 9.53 Å². The summed E-state index contributed by atoms with van der Waals surface area (Å²) in [4.78, 5) is 11.0. The Kier molecular flexibility index (Phi) is 10.7. The van der Waals surface area contributed by atoms with Crippen LogP contribution < -0.4 is 16.0 Å². The molecule has 0 aliphatic carbocycles. The SMILES string of the molecule is CCCOC(=O)NCCNCCNCC. The van der Waals surface area contributed by atoms with Gasteiger partial charge in [-0.05, 0) is 13.0 Å². The Hall–Kier alpha value is -0.810. The van der Waals surface area contributed by atoms with Gasteiger partial charge in [-0.2, -0.15) is 0 Å². The Morgan fingerprint density at radius 3 is 2.40 bits per heavy atom. The summed E-state index contributed by atoms with van der Waals surface area (Å²) < 4.78 is 4.85. The van der Waals surface area contributed by atoms with E-state index in [1.165, 1.54) is 0 Å². The summed E-state index contributed by atoms with van der Waals surface area (Å²) in [6.07, 6.45) is 0.527. The third-order valence-corrected chi connectivity index (χ3v) is 1.74. The van der Waals surface area contributed by atoms with Crippen molar-refractivity contribution in [3.8, 4) is 0 Å². The van der Waals surface area contributed by atoms with Gasteiger partial charge in [-0.1, -0.05) is 13.8 Å². The largest absolute Gasteiger partial charge is 0.450 e. The van der Waals surface area contributed by atoms with Crippen LogP contribution in [0.2, 0.25) is 0 Å². The minimum atomic E-state index is -0.328. The van der Waals surface area contributed by atoms with Crippen LogP contribution in [0.25, 0.3) is 0 Å². The summed E-state index contributed by atoms with van der Waals surface area (Å²) in [5.41, 5.74) is 0. The number of carbonyl (C=O) groups excluding carboxylic acids is 1. The quantitative estimate of drug-likeness (QED) is 0.487. The molecule has 0 radical (unpaired) electrons. The van der Waals surface area contributed by atoms with Crippen LogP contribution in [-0.4, -0.2) is 45.4 Å². The van der Waals surface area contributed by atoms with Crippen LogP contribution in [-0.2, 0) is 4.74 Å². The maximum absolute atomic E-state index is 11.0. The number of alkyl carbamates (subject to hydrolysis) is 1. The van der Waals surface area contributed by atoms with E-state index in [2.05, 4.69) is 22.9 Å². The molecule has 0 aromatic heterocycles. The predicted octanol–water partition coefficient (Wildman–Crippen LogP) is 0.322. The van der Waals surface area contributed by atoms with E-state index in [-0.39, 0.29) is 6.09 Å². The summed E-state index contributed by atoms with van der Waals surface area (Å²) in [6.45, 7) is 8.77. The van der Waals surface area contributed by atoms with Crippen LogP contribution in [0, 0.1) is 0 Å². The topological polar surface area (TPSA) is 62.4 Å². The van der Waals surface area contributed by atoms with Gasteiger partial charge in [0, 0.05) is 26.2 Å². The Morgan fingerprint density at radius 2 is 1.73 bits per heavy atom. The molecule has 90 valence electrons. The third-order valence-electron chi connectivity index (χ3n) is 1.74. The van der Waals surface area contributed by atoms with Crippen molar-refractivity contribution in [1.82, 2.24) is 16.0 Å². The van der Waals surface area contributed by atoms with Gasteiger partial charge in [0.2, 0.25) is 0 Å². The lowest BCUT2D eigenvalue weighted by molar-refractivity contribution is 0.146. The van der Waals surface area contributed by atoms with Crippen molar-refractivity contribution in [2.24, 2.45) is 0 Å². The van der Waals surface area contributed by atoms with Crippen LogP contribution in [0.3, 0.4) is 0 Å². The van der Waals surface area contributed by atoms with Crippen LogP contribution in [0.4, 0.5) is 4.79 Å². The first-order chi connectivity index (χ1) is 7.31. The molecule has 0 spiro atoms. The Labute approximate surface area is 91.9 Å². The van der Waals surface area contributed by atoms with Crippen molar-refractivity contribution >= 4 is 6.09 Å². The lowest BCUT2D eigenvalue weighted by atomic mass is 10.5. The highest BCUT2D eigenvalue weighted by Crippen LogP contribution is 1.80. The number of carbonyl (C=O) groups is 1. The van der Waals surface area contributed by atoms with E-state index >= 15 is 0 Å². The van der Waals surface area contributed by atoms with Gasteiger partial charge in [-0.25, -0.2) is 4.79 Å². The lowest BCUT2D eigenvalue weighted by Crippen LogP contribution is -2.35. The van der Waals surface area contributed by atoms with E-state index in [4.69, 9.17) is 4.74 Å². The van der Waals surface area contributed by atoms with E-state index < -0.39 is 0 Å². The molecule has 1 amide bonds. The standard InChI is InChI=1S/C10H23N3O2/c1-3-9-15-10(14)13-8-7-12-6-5-11-4-2/h11-12H,3-9H2,1-2H3,(H,13,14). The van der Waals surface area contributed by atoms with Gasteiger partial charge in [0.25, 0.3) is 0 Å². The Bertz CT molecular complexity index is 154. The zero-order valence-corrected chi connectivity index (χ0v) is 9.77. The molecule has 0 aliphatic heterocycles. The molecule has 0 atom stereocenters. The summed E-state index contributed by atoms with van der Waals surface area (Å²) in [7, 11) is 0. The molecule has 0 bridgehead atoms. The second kappa shape index (κ2) is 11.3. The third kappa shape index (κ3) is 11.1. The second-order valence-electron chi connectivity index (χ2n) is 3.17. The van der Waals surface area contributed by atoms with Gasteiger partial charge >= 0.3 is 6.09 Å². The predicted molar refractivity (Wildman–Crippen MR) is 61.1 cm³/mol. The molecule has 5 heteroatoms. The summed E-state index contributed by atoms with van der Waals surface area (Å²) in [6, 6.07) is 0. The number of likely N-dealkylation sites (N-methyl/N-ethyl adjacent to an activating group) is 1. The number of rotatable bonds is 9. The molecule has 0 aromatic carbocycles. The molecule has 0 saturated carbocycles. The maximum atomic E-state index is 11.0. The van der Waals surface area contributed by atoms with Crippen molar-refractivity contribution in [1.29, 1.82) is 0 Å². The first-order valence-electron chi connectivity index (χ1n) is 5.63. The molecule has 5 nitrogen and oxygen atoms in total. The first kappa shape index (κ1) is 14.2. The Balaban J connectivity index is 3.06. The van der Waals surface area contributed by atoms with Crippen LogP contribution in [0.5, 0.6) is 0 Å². The fourth-order valence-corrected chi connectivity index (χ4v) is 0.977. The minimum Gasteiger partial charge on any atom is -0.450 e. The van der Waals surface area contributed by atoms with Gasteiger partial charge in [-0.3, -0.25) is 0 Å². The summed E-state index contributed by atoms with van der Waals surface area (Å²) in [5, 5.41) is 9.06. The van der Waals surface area contributed by atoms with E-state index in [0.29, 0.717) is 13.2 Å². The zero-order valence-electron chi connectivity index (χ0n) is 9.77. The van der Waals surface area contributed by atoms with Gasteiger partial charge in [-0.15, -0.1) is 0 Å². The second-order valence-corrected chi connectivity index (χ2v) is 3.17.